The van der Waals surface area contributed by atoms with Gasteiger partial charge in [-0.15, -0.1) is 0 Å². The van der Waals surface area contributed by atoms with E-state index in [4.69, 9.17) is 4.74 Å². The number of carbonyl (C=O) groups excluding carboxylic acids is 2. The summed E-state index contributed by atoms with van der Waals surface area (Å²) in [6.07, 6.45) is -0.560. The first-order valence-electron chi connectivity index (χ1n) is 6.27. The molecule has 21 heavy (non-hydrogen) atoms. The number of ether oxygens (including phenoxy) is 2. The van der Waals surface area contributed by atoms with Crippen LogP contribution in [-0.2, 0) is 9.47 Å². The first kappa shape index (κ1) is 15.2. The molecular weight excluding hydrogens is 292 g/mol. The Balaban J connectivity index is 2.19. The van der Waals surface area contributed by atoms with E-state index in [0.29, 0.717) is 16.2 Å². The monoisotopic (exact) mass is 308 g/mol. The van der Waals surface area contributed by atoms with Gasteiger partial charge in [-0.2, -0.15) is 0 Å². The van der Waals surface area contributed by atoms with Crippen molar-refractivity contribution in [1.82, 2.24) is 4.98 Å². The molecule has 0 aliphatic heterocycles. The Bertz CT molecular complexity index is 688. The quantitative estimate of drug-likeness (QED) is 0.860. The number of rotatable bonds is 2. The number of aromatic nitrogens is 1. The molecule has 0 fully saturated rings. The summed E-state index contributed by atoms with van der Waals surface area (Å²) in [7, 11) is 1.32. The van der Waals surface area contributed by atoms with Crippen LogP contribution in [-0.4, -0.2) is 29.8 Å². The van der Waals surface area contributed by atoms with E-state index in [9.17, 15) is 9.59 Å². The number of carbonyl (C=O) groups is 2. The lowest BCUT2D eigenvalue weighted by Gasteiger charge is -2.18. The molecule has 0 aliphatic rings. The first-order chi connectivity index (χ1) is 9.78. The van der Waals surface area contributed by atoms with Crippen LogP contribution in [0.25, 0.3) is 10.2 Å². The van der Waals surface area contributed by atoms with Crippen LogP contribution in [0.1, 0.15) is 31.1 Å². The van der Waals surface area contributed by atoms with Gasteiger partial charge >= 0.3 is 12.1 Å². The van der Waals surface area contributed by atoms with E-state index in [1.165, 1.54) is 18.4 Å². The molecule has 1 aromatic carbocycles. The van der Waals surface area contributed by atoms with Crippen LogP contribution in [0.4, 0.5) is 9.93 Å². The number of esters is 1. The van der Waals surface area contributed by atoms with Crippen LogP contribution in [0, 0.1) is 0 Å². The normalized spacial score (nSPS) is 11.2. The Kier molecular flexibility index (Phi) is 4.13. The third-order valence-electron chi connectivity index (χ3n) is 2.42. The molecule has 7 heteroatoms. The zero-order valence-corrected chi connectivity index (χ0v) is 13.0. The third kappa shape index (κ3) is 3.91. The molecular formula is C14H16N2O4S. The molecule has 0 bridgehead atoms. The van der Waals surface area contributed by atoms with Crippen molar-refractivity contribution in [1.29, 1.82) is 0 Å². The molecule has 1 aromatic heterocycles. The maximum absolute atomic E-state index is 11.7. The Morgan fingerprint density at radius 3 is 2.62 bits per heavy atom. The van der Waals surface area contributed by atoms with Gasteiger partial charge in [-0.05, 0) is 39.0 Å². The van der Waals surface area contributed by atoms with Crippen LogP contribution in [0.2, 0.25) is 0 Å². The molecule has 0 saturated heterocycles. The number of methoxy groups -OCH3 is 1. The third-order valence-corrected chi connectivity index (χ3v) is 3.37. The smallest absolute Gasteiger partial charge is 0.413 e. The van der Waals surface area contributed by atoms with E-state index >= 15 is 0 Å². The second-order valence-electron chi connectivity index (χ2n) is 5.32. The van der Waals surface area contributed by atoms with Crippen molar-refractivity contribution in [3.8, 4) is 0 Å². The van der Waals surface area contributed by atoms with Gasteiger partial charge in [0.1, 0.15) is 5.60 Å². The van der Waals surface area contributed by atoms with Crippen LogP contribution in [0.3, 0.4) is 0 Å². The Hall–Kier alpha value is -2.15. The second kappa shape index (κ2) is 5.69. The molecule has 1 amide bonds. The average molecular weight is 308 g/mol. The summed E-state index contributed by atoms with van der Waals surface area (Å²) >= 11 is 1.30. The van der Waals surface area contributed by atoms with Gasteiger partial charge in [0.05, 0.1) is 22.9 Å². The molecule has 0 unspecified atom stereocenters. The minimum atomic E-state index is -0.571. The molecule has 0 radical (unpaired) electrons. The number of anilines is 1. The fourth-order valence-corrected chi connectivity index (χ4v) is 2.45. The number of fused-ring (bicyclic) bond motifs is 1. The first-order valence-corrected chi connectivity index (χ1v) is 7.09. The zero-order chi connectivity index (χ0) is 15.6. The molecule has 0 atom stereocenters. The van der Waals surface area contributed by atoms with E-state index in [1.807, 2.05) is 0 Å². The number of amides is 1. The highest BCUT2D eigenvalue weighted by atomic mass is 32.1. The molecule has 2 rings (SSSR count). The maximum atomic E-state index is 11.7. The van der Waals surface area contributed by atoms with Gasteiger partial charge in [0.2, 0.25) is 0 Å². The standard InChI is InChI=1S/C14H16N2O4S/c1-14(2,3)20-13(18)16-12-15-9-7-8(11(17)19-4)5-6-10(9)21-12/h5-7H,1-4H3,(H,15,16,18). The Morgan fingerprint density at radius 2 is 2.00 bits per heavy atom. The molecule has 1 N–H and O–H groups in total. The van der Waals surface area contributed by atoms with Crippen molar-refractivity contribution >= 4 is 38.7 Å². The number of hydrogen-bond donors (Lipinski definition) is 1. The van der Waals surface area contributed by atoms with Crippen LogP contribution >= 0.6 is 11.3 Å². The highest BCUT2D eigenvalue weighted by Crippen LogP contribution is 2.27. The lowest BCUT2D eigenvalue weighted by molar-refractivity contribution is 0.0598. The van der Waals surface area contributed by atoms with Crippen molar-refractivity contribution in [2.45, 2.75) is 26.4 Å². The average Bonchev–Trinajstić information content (AvgIpc) is 2.76. The summed E-state index contributed by atoms with van der Waals surface area (Å²) in [4.78, 5) is 27.4. The van der Waals surface area contributed by atoms with Crippen molar-refractivity contribution in [2.24, 2.45) is 0 Å². The van der Waals surface area contributed by atoms with Crippen molar-refractivity contribution in [3.63, 3.8) is 0 Å². The summed E-state index contributed by atoms with van der Waals surface area (Å²) in [5.41, 5.74) is 0.465. The predicted molar refractivity (Wildman–Crippen MR) is 80.8 cm³/mol. The van der Waals surface area contributed by atoms with Gasteiger partial charge in [0.25, 0.3) is 0 Å². The lowest BCUT2D eigenvalue weighted by atomic mass is 10.2. The predicted octanol–water partition coefficient (Wildman–Crippen LogP) is 3.43. The largest absolute Gasteiger partial charge is 0.465 e. The summed E-state index contributed by atoms with van der Waals surface area (Å²) in [6.45, 7) is 5.36. The summed E-state index contributed by atoms with van der Waals surface area (Å²) < 4.78 is 10.7. The van der Waals surface area contributed by atoms with E-state index < -0.39 is 17.7 Å². The minimum absolute atomic E-state index is 0.416. The maximum Gasteiger partial charge on any atom is 0.413 e. The van der Waals surface area contributed by atoms with Crippen molar-refractivity contribution < 1.29 is 19.1 Å². The molecule has 2 aromatic rings. The Morgan fingerprint density at radius 1 is 1.29 bits per heavy atom. The SMILES string of the molecule is COC(=O)c1ccc2sc(NC(=O)OC(C)(C)C)nc2c1. The number of thiazole rings is 1. The van der Waals surface area contributed by atoms with Crippen LogP contribution in [0.5, 0.6) is 0 Å². The highest BCUT2D eigenvalue weighted by molar-refractivity contribution is 7.22. The van der Waals surface area contributed by atoms with Gasteiger partial charge in [-0.1, -0.05) is 11.3 Å². The Labute approximate surface area is 126 Å². The van der Waals surface area contributed by atoms with Crippen molar-refractivity contribution in [2.75, 3.05) is 12.4 Å². The van der Waals surface area contributed by atoms with Crippen molar-refractivity contribution in [3.05, 3.63) is 23.8 Å². The van der Waals surface area contributed by atoms with E-state index in [-0.39, 0.29) is 0 Å². The summed E-state index contributed by atoms with van der Waals surface area (Å²) in [5, 5.41) is 3.00. The number of benzene rings is 1. The van der Waals surface area contributed by atoms with Gasteiger partial charge < -0.3 is 9.47 Å². The molecule has 1 heterocycles. The van der Waals surface area contributed by atoms with Gasteiger partial charge in [-0.25, -0.2) is 14.6 Å². The fourth-order valence-electron chi connectivity index (χ4n) is 1.62. The fraction of sp³-hybridized carbons (Fsp3) is 0.357. The molecule has 0 aliphatic carbocycles. The topological polar surface area (TPSA) is 77.5 Å². The van der Waals surface area contributed by atoms with Gasteiger partial charge in [-0.3, -0.25) is 5.32 Å². The van der Waals surface area contributed by atoms with E-state index in [2.05, 4.69) is 15.0 Å². The van der Waals surface area contributed by atoms with Gasteiger partial charge in [0, 0.05) is 0 Å². The summed E-state index contributed by atoms with van der Waals surface area (Å²) in [5.74, 6) is -0.424. The molecule has 112 valence electrons. The summed E-state index contributed by atoms with van der Waals surface area (Å²) in [6, 6.07) is 5.04. The lowest BCUT2D eigenvalue weighted by Crippen LogP contribution is -2.27. The van der Waals surface area contributed by atoms with Crippen LogP contribution in [0.15, 0.2) is 18.2 Å². The molecule has 6 nitrogen and oxygen atoms in total. The highest BCUT2D eigenvalue weighted by Gasteiger charge is 2.17. The number of nitrogens with one attached hydrogen (secondary N) is 1. The number of nitrogens with zero attached hydrogens (tertiary/aromatic N) is 1. The number of hydrogen-bond acceptors (Lipinski definition) is 6. The second-order valence-corrected chi connectivity index (χ2v) is 6.35. The van der Waals surface area contributed by atoms with E-state index in [0.717, 1.165) is 4.70 Å². The minimum Gasteiger partial charge on any atom is -0.465 e. The molecule has 0 saturated carbocycles. The molecule has 0 spiro atoms. The van der Waals surface area contributed by atoms with Gasteiger partial charge in [0.15, 0.2) is 5.13 Å². The zero-order valence-electron chi connectivity index (χ0n) is 12.2. The van der Waals surface area contributed by atoms with Crippen LogP contribution < -0.4 is 5.32 Å². The van der Waals surface area contributed by atoms with E-state index in [1.54, 1.807) is 39.0 Å².